The van der Waals surface area contributed by atoms with Gasteiger partial charge in [0.1, 0.15) is 23.4 Å². The van der Waals surface area contributed by atoms with Crippen molar-refractivity contribution in [2.75, 3.05) is 6.61 Å². The highest BCUT2D eigenvalue weighted by Crippen LogP contribution is 2.17. The van der Waals surface area contributed by atoms with Gasteiger partial charge in [0.2, 0.25) is 5.91 Å². The molecule has 0 unspecified atom stereocenters. The summed E-state index contributed by atoms with van der Waals surface area (Å²) in [4.78, 5) is 12.3. The molecule has 7 nitrogen and oxygen atoms in total. The van der Waals surface area contributed by atoms with Crippen LogP contribution >= 0.6 is 0 Å². The van der Waals surface area contributed by atoms with Crippen LogP contribution in [0.25, 0.3) is 0 Å². The fraction of sp³-hybridized carbons (Fsp3) is 0.130. The number of allylic oxidation sites excluding steroid dienone is 5. The number of rotatable bonds is 10. The van der Waals surface area contributed by atoms with Crippen molar-refractivity contribution in [3.63, 3.8) is 0 Å². The Morgan fingerprint density at radius 2 is 1.97 bits per heavy atom. The van der Waals surface area contributed by atoms with Gasteiger partial charge in [0.05, 0.1) is 17.2 Å². The zero-order valence-corrected chi connectivity index (χ0v) is 17.8. The number of benzene rings is 1. The standard InChI is InChI=1S/C23H23NO6S/c1-16-4-6-19(7-5-16)24-23(26)13-10-21(30-18(3)15-25)14-17(2)29-20-8-11-22(12-9-20)31(27)28/h4-6,8-14,18,25,31H,1-2,15H2,3H3,(H,24,26)/b13-10+,21-14+/t18-/m0/s1. The Balaban J connectivity index is 2.09. The van der Waals surface area contributed by atoms with Gasteiger partial charge >= 0.3 is 0 Å². The third kappa shape index (κ3) is 8.36. The van der Waals surface area contributed by atoms with E-state index in [2.05, 4.69) is 24.2 Å². The van der Waals surface area contributed by atoms with Gasteiger partial charge in [-0.15, -0.1) is 0 Å². The summed E-state index contributed by atoms with van der Waals surface area (Å²) in [5, 5.41) is 11.9. The minimum absolute atomic E-state index is 0.167. The van der Waals surface area contributed by atoms with Gasteiger partial charge in [0.25, 0.3) is 0 Å². The van der Waals surface area contributed by atoms with Gasteiger partial charge in [-0.1, -0.05) is 25.0 Å². The van der Waals surface area contributed by atoms with E-state index >= 15 is 0 Å². The van der Waals surface area contributed by atoms with Crippen LogP contribution in [0.2, 0.25) is 0 Å². The number of nitrogens with one attached hydrogen (secondary N) is 1. The van der Waals surface area contributed by atoms with Crippen molar-refractivity contribution in [2.45, 2.75) is 17.9 Å². The first-order chi connectivity index (χ1) is 14.8. The predicted molar refractivity (Wildman–Crippen MR) is 118 cm³/mol. The van der Waals surface area contributed by atoms with E-state index in [-0.39, 0.29) is 23.0 Å². The van der Waals surface area contributed by atoms with Gasteiger partial charge in [-0.05, 0) is 55.0 Å². The molecule has 1 amide bonds. The second kappa shape index (κ2) is 11.6. The normalized spacial score (nSPS) is 14.5. The molecule has 0 saturated heterocycles. The van der Waals surface area contributed by atoms with Crippen LogP contribution in [0.15, 0.2) is 107 Å². The molecule has 8 heteroatoms. The fourth-order valence-electron chi connectivity index (χ4n) is 2.23. The summed E-state index contributed by atoms with van der Waals surface area (Å²) >= 11 is 0. The van der Waals surface area contributed by atoms with E-state index in [1.165, 1.54) is 42.5 Å². The molecular formula is C23H23NO6S. The first-order valence-corrected chi connectivity index (χ1v) is 10.4. The van der Waals surface area contributed by atoms with Gasteiger partial charge in [-0.3, -0.25) is 4.79 Å². The molecule has 0 fully saturated rings. The molecule has 1 atom stereocenters. The highest BCUT2D eigenvalue weighted by molar-refractivity contribution is 7.72. The summed E-state index contributed by atoms with van der Waals surface area (Å²) in [7, 11) is -2.67. The molecule has 162 valence electrons. The summed E-state index contributed by atoms with van der Waals surface area (Å²) in [6.07, 6.45) is 8.67. The third-order valence-electron chi connectivity index (χ3n) is 3.73. The zero-order valence-electron chi connectivity index (χ0n) is 16.9. The largest absolute Gasteiger partial charge is 0.488 e. The number of hydrogen-bond donors (Lipinski definition) is 3. The van der Waals surface area contributed by atoms with Gasteiger partial charge < -0.3 is 19.9 Å². The maximum absolute atomic E-state index is 12.2. The minimum Gasteiger partial charge on any atom is -0.488 e. The Kier molecular flexibility index (Phi) is 8.84. The maximum atomic E-state index is 12.2. The molecule has 0 radical (unpaired) electrons. The second-order valence-electron chi connectivity index (χ2n) is 6.41. The van der Waals surface area contributed by atoms with E-state index in [9.17, 15) is 18.3 Å². The van der Waals surface area contributed by atoms with Crippen LogP contribution in [-0.4, -0.2) is 32.1 Å². The Hall–Kier alpha value is -3.58. The molecule has 0 spiro atoms. The Bertz CT molecular complexity index is 1080. The quantitative estimate of drug-likeness (QED) is 0.170. The number of hydrogen-bond acceptors (Lipinski definition) is 6. The molecule has 1 aromatic rings. The number of amides is 1. The number of aliphatic hydroxyl groups is 1. The fourth-order valence-corrected chi connectivity index (χ4v) is 2.63. The lowest BCUT2D eigenvalue weighted by Crippen LogP contribution is -2.19. The molecule has 0 aromatic heterocycles. The summed E-state index contributed by atoms with van der Waals surface area (Å²) in [5.74, 6) is 0.387. The molecule has 1 aromatic carbocycles. The third-order valence-corrected chi connectivity index (χ3v) is 4.45. The van der Waals surface area contributed by atoms with Crippen LogP contribution in [-0.2, 0) is 20.2 Å². The van der Waals surface area contributed by atoms with E-state index < -0.39 is 22.7 Å². The predicted octanol–water partition coefficient (Wildman–Crippen LogP) is 2.67. The topological polar surface area (TPSA) is 102 Å². The molecule has 1 aliphatic rings. The lowest BCUT2D eigenvalue weighted by Gasteiger charge is -2.14. The van der Waals surface area contributed by atoms with Crippen LogP contribution in [0.4, 0.5) is 0 Å². The van der Waals surface area contributed by atoms with E-state index in [0.717, 1.165) is 5.57 Å². The van der Waals surface area contributed by atoms with Gasteiger partial charge in [0, 0.05) is 12.2 Å². The highest BCUT2D eigenvalue weighted by atomic mass is 32.2. The van der Waals surface area contributed by atoms with Crippen molar-refractivity contribution < 1.29 is 27.8 Å². The second-order valence-corrected chi connectivity index (χ2v) is 7.44. The summed E-state index contributed by atoms with van der Waals surface area (Å²) in [6, 6.07) is 5.80. The summed E-state index contributed by atoms with van der Waals surface area (Å²) in [6.45, 7) is 8.96. The van der Waals surface area contributed by atoms with Crippen LogP contribution in [0.1, 0.15) is 6.92 Å². The zero-order chi connectivity index (χ0) is 22.8. The summed E-state index contributed by atoms with van der Waals surface area (Å²) < 4.78 is 33.0. The SMILES string of the molecule is C=C1C=C=C(NC(=O)/C=C/C(=C\C(=C)Oc2ccc([SH](=O)=O)cc2)O[C@@H](C)CO)C=C1. The molecule has 0 aliphatic heterocycles. The van der Waals surface area contributed by atoms with Crippen molar-refractivity contribution in [1.82, 2.24) is 5.32 Å². The van der Waals surface area contributed by atoms with Crippen molar-refractivity contribution in [3.8, 4) is 5.75 Å². The lowest BCUT2D eigenvalue weighted by atomic mass is 10.2. The average molecular weight is 442 g/mol. The first kappa shape index (κ1) is 23.7. The minimum atomic E-state index is -2.67. The van der Waals surface area contributed by atoms with Crippen LogP contribution in [0, 0.1) is 0 Å². The summed E-state index contributed by atoms with van der Waals surface area (Å²) in [5.41, 5.74) is 4.16. The monoisotopic (exact) mass is 441 g/mol. The molecular weight excluding hydrogens is 418 g/mol. The van der Waals surface area contributed by atoms with Gasteiger partial charge in [-0.25, -0.2) is 8.42 Å². The van der Waals surface area contributed by atoms with Crippen LogP contribution < -0.4 is 10.1 Å². The average Bonchev–Trinajstić information content (AvgIpc) is 2.74. The van der Waals surface area contributed by atoms with Crippen LogP contribution in [0.3, 0.4) is 0 Å². The Labute approximate surface area is 182 Å². The van der Waals surface area contributed by atoms with E-state index in [0.29, 0.717) is 11.4 Å². The van der Waals surface area contributed by atoms with E-state index in [1.54, 1.807) is 25.2 Å². The number of carbonyl (C=O) groups excluding carboxylic acids is 1. The number of aliphatic hydroxyl groups excluding tert-OH is 1. The Morgan fingerprint density at radius 1 is 1.26 bits per heavy atom. The Morgan fingerprint density at radius 3 is 2.55 bits per heavy atom. The molecule has 2 rings (SSSR count). The molecule has 1 aliphatic carbocycles. The highest BCUT2D eigenvalue weighted by Gasteiger charge is 2.07. The van der Waals surface area contributed by atoms with Gasteiger partial charge in [0.15, 0.2) is 10.7 Å². The number of carbonyl (C=O) groups is 1. The van der Waals surface area contributed by atoms with E-state index in [4.69, 9.17) is 9.47 Å². The van der Waals surface area contributed by atoms with Crippen LogP contribution in [0.5, 0.6) is 5.75 Å². The lowest BCUT2D eigenvalue weighted by molar-refractivity contribution is -0.115. The molecule has 2 N–H and O–H groups in total. The van der Waals surface area contributed by atoms with Crippen molar-refractivity contribution in [3.05, 3.63) is 102 Å². The first-order valence-electron chi connectivity index (χ1n) is 9.20. The van der Waals surface area contributed by atoms with Crippen molar-refractivity contribution in [1.29, 1.82) is 0 Å². The van der Waals surface area contributed by atoms with Gasteiger partial charge in [-0.2, -0.15) is 0 Å². The molecule has 31 heavy (non-hydrogen) atoms. The van der Waals surface area contributed by atoms with Crippen molar-refractivity contribution in [2.24, 2.45) is 0 Å². The number of thiol groups is 1. The molecule has 0 bridgehead atoms. The number of ether oxygens (including phenoxy) is 2. The van der Waals surface area contributed by atoms with Crippen molar-refractivity contribution >= 4 is 16.6 Å². The van der Waals surface area contributed by atoms with E-state index in [1.807, 2.05) is 0 Å². The maximum Gasteiger partial charge on any atom is 0.248 e. The smallest absolute Gasteiger partial charge is 0.248 e. The molecule has 0 heterocycles. The molecule has 0 saturated carbocycles.